The zero-order valence-electron chi connectivity index (χ0n) is 7.47. The molecule has 0 spiro atoms. The summed E-state index contributed by atoms with van der Waals surface area (Å²) in [5.41, 5.74) is 0.736. The normalized spacial score (nSPS) is 12.6. The van der Waals surface area contributed by atoms with Crippen molar-refractivity contribution in [3.8, 4) is 6.07 Å². The summed E-state index contributed by atoms with van der Waals surface area (Å²) >= 11 is 0. The lowest BCUT2D eigenvalue weighted by molar-refractivity contribution is 0.157. The van der Waals surface area contributed by atoms with Crippen LogP contribution in [0.5, 0.6) is 0 Å². The molecule has 2 rings (SSSR count). The molecule has 0 fully saturated rings. The smallest absolute Gasteiger partial charge is 0.134 e. The van der Waals surface area contributed by atoms with Crippen LogP contribution in [0.2, 0.25) is 0 Å². The Kier molecular flexibility index (Phi) is 2.21. The molecule has 0 bridgehead atoms. The molecule has 3 nitrogen and oxygen atoms in total. The molecule has 14 heavy (non-hydrogen) atoms. The summed E-state index contributed by atoms with van der Waals surface area (Å²) in [7, 11) is 0. The topological polar surface area (TPSA) is 57.2 Å². The Balaban J connectivity index is 2.41. The molecule has 0 radical (unpaired) electrons. The lowest BCUT2D eigenvalue weighted by atomic mass is 10.2. The Labute approximate surface area is 81.2 Å². The van der Waals surface area contributed by atoms with Crippen molar-refractivity contribution in [2.45, 2.75) is 12.5 Å². The van der Waals surface area contributed by atoms with Crippen molar-refractivity contribution in [1.29, 1.82) is 5.26 Å². The van der Waals surface area contributed by atoms with Crippen LogP contribution in [-0.4, -0.2) is 5.11 Å². The van der Waals surface area contributed by atoms with E-state index < -0.39 is 6.10 Å². The number of para-hydroxylation sites is 1. The lowest BCUT2D eigenvalue weighted by Gasteiger charge is -1.99. The number of furan rings is 1. The number of hydrogen-bond acceptors (Lipinski definition) is 3. The average Bonchev–Trinajstić information content (AvgIpc) is 2.61. The van der Waals surface area contributed by atoms with Crippen LogP contribution >= 0.6 is 0 Å². The fraction of sp³-hybridized carbons (Fsp3) is 0.182. The second-order valence-corrected chi connectivity index (χ2v) is 3.06. The maximum Gasteiger partial charge on any atom is 0.134 e. The van der Waals surface area contributed by atoms with Gasteiger partial charge in [-0.05, 0) is 12.1 Å². The van der Waals surface area contributed by atoms with Crippen LogP contribution in [0.3, 0.4) is 0 Å². The first kappa shape index (κ1) is 8.79. The predicted octanol–water partition coefficient (Wildman–Crippen LogP) is 2.38. The third kappa shape index (κ3) is 1.48. The maximum absolute atomic E-state index is 9.51. The highest BCUT2D eigenvalue weighted by molar-refractivity contribution is 5.77. The highest BCUT2D eigenvalue weighted by Crippen LogP contribution is 2.24. The quantitative estimate of drug-likeness (QED) is 0.785. The second-order valence-electron chi connectivity index (χ2n) is 3.06. The van der Waals surface area contributed by atoms with Gasteiger partial charge < -0.3 is 9.52 Å². The highest BCUT2D eigenvalue weighted by atomic mass is 16.4. The third-order valence-corrected chi connectivity index (χ3v) is 2.06. The van der Waals surface area contributed by atoms with Gasteiger partial charge in [-0.15, -0.1) is 0 Å². The molecular formula is C11H9NO2. The number of aliphatic hydroxyl groups is 1. The van der Waals surface area contributed by atoms with Crippen LogP contribution in [0.25, 0.3) is 11.0 Å². The van der Waals surface area contributed by atoms with Crippen molar-refractivity contribution >= 4 is 11.0 Å². The standard InChI is InChI=1S/C11H9NO2/c12-6-5-9(13)11-7-8-3-1-2-4-10(8)14-11/h1-4,7,9,13H,5H2/t9-/m0/s1. The van der Waals surface area contributed by atoms with Gasteiger partial charge in [-0.1, -0.05) is 18.2 Å². The van der Waals surface area contributed by atoms with Crippen molar-refractivity contribution in [3.63, 3.8) is 0 Å². The molecule has 1 heterocycles. The summed E-state index contributed by atoms with van der Waals surface area (Å²) in [5, 5.41) is 18.9. The van der Waals surface area contributed by atoms with E-state index in [2.05, 4.69) is 0 Å². The Morgan fingerprint density at radius 3 is 2.93 bits per heavy atom. The van der Waals surface area contributed by atoms with Gasteiger partial charge in [-0.2, -0.15) is 5.26 Å². The van der Waals surface area contributed by atoms with Crippen molar-refractivity contribution in [1.82, 2.24) is 0 Å². The minimum Gasteiger partial charge on any atom is -0.458 e. The van der Waals surface area contributed by atoms with Crippen LogP contribution in [-0.2, 0) is 0 Å². The van der Waals surface area contributed by atoms with E-state index >= 15 is 0 Å². The average molecular weight is 187 g/mol. The monoisotopic (exact) mass is 187 g/mol. The van der Waals surface area contributed by atoms with Crippen LogP contribution < -0.4 is 0 Å². The van der Waals surface area contributed by atoms with Crippen LogP contribution in [0.4, 0.5) is 0 Å². The number of aliphatic hydroxyl groups excluding tert-OH is 1. The van der Waals surface area contributed by atoms with Gasteiger partial charge in [-0.3, -0.25) is 0 Å². The van der Waals surface area contributed by atoms with Crippen molar-refractivity contribution < 1.29 is 9.52 Å². The summed E-state index contributed by atoms with van der Waals surface area (Å²) in [6.45, 7) is 0. The summed E-state index contributed by atoms with van der Waals surface area (Å²) in [5.74, 6) is 0.452. The number of nitriles is 1. The molecule has 1 atom stereocenters. The van der Waals surface area contributed by atoms with Gasteiger partial charge in [0.15, 0.2) is 0 Å². The van der Waals surface area contributed by atoms with Crippen molar-refractivity contribution in [2.75, 3.05) is 0 Å². The number of rotatable bonds is 2. The second kappa shape index (κ2) is 3.52. The summed E-state index contributed by atoms with van der Waals surface area (Å²) < 4.78 is 5.38. The molecule has 0 saturated carbocycles. The molecule has 1 N–H and O–H groups in total. The fourth-order valence-electron chi connectivity index (χ4n) is 1.35. The van der Waals surface area contributed by atoms with Crippen LogP contribution in [0, 0.1) is 11.3 Å². The van der Waals surface area contributed by atoms with Crippen molar-refractivity contribution in [2.24, 2.45) is 0 Å². The number of benzene rings is 1. The Morgan fingerprint density at radius 1 is 1.43 bits per heavy atom. The minimum absolute atomic E-state index is 0.0554. The minimum atomic E-state index is -0.826. The largest absolute Gasteiger partial charge is 0.458 e. The van der Waals surface area contributed by atoms with E-state index in [9.17, 15) is 5.11 Å². The Hall–Kier alpha value is -1.79. The number of fused-ring (bicyclic) bond motifs is 1. The first-order valence-corrected chi connectivity index (χ1v) is 4.35. The molecule has 2 aromatic rings. The first-order chi connectivity index (χ1) is 6.81. The Morgan fingerprint density at radius 2 is 2.21 bits per heavy atom. The lowest BCUT2D eigenvalue weighted by Crippen LogP contribution is -1.92. The molecule has 70 valence electrons. The van der Waals surface area contributed by atoms with Gasteiger partial charge in [0.05, 0.1) is 12.5 Å². The van der Waals surface area contributed by atoms with Crippen LogP contribution in [0.1, 0.15) is 18.3 Å². The maximum atomic E-state index is 9.51. The van der Waals surface area contributed by atoms with E-state index in [1.54, 1.807) is 6.07 Å². The first-order valence-electron chi connectivity index (χ1n) is 4.35. The SMILES string of the molecule is N#CC[C@H](O)c1cc2ccccc2o1. The van der Waals surface area contributed by atoms with Gasteiger partial charge in [0.25, 0.3) is 0 Å². The van der Waals surface area contributed by atoms with E-state index in [-0.39, 0.29) is 6.42 Å². The fourth-order valence-corrected chi connectivity index (χ4v) is 1.35. The molecule has 1 aromatic heterocycles. The molecule has 0 aliphatic carbocycles. The molecule has 0 saturated heterocycles. The van der Waals surface area contributed by atoms with Crippen LogP contribution in [0.15, 0.2) is 34.7 Å². The summed E-state index contributed by atoms with van der Waals surface area (Å²) in [6, 6.07) is 11.2. The number of hydrogen-bond donors (Lipinski definition) is 1. The highest BCUT2D eigenvalue weighted by Gasteiger charge is 2.12. The van der Waals surface area contributed by atoms with Gasteiger partial charge in [0.2, 0.25) is 0 Å². The molecule has 0 amide bonds. The van der Waals surface area contributed by atoms with E-state index in [0.717, 1.165) is 11.0 Å². The molecule has 1 aromatic carbocycles. The summed E-state index contributed by atoms with van der Waals surface area (Å²) in [4.78, 5) is 0. The van der Waals surface area contributed by atoms with Gasteiger partial charge in [0, 0.05) is 5.39 Å². The molecule has 3 heteroatoms. The van der Waals surface area contributed by atoms with Gasteiger partial charge >= 0.3 is 0 Å². The van der Waals surface area contributed by atoms with E-state index in [1.165, 1.54) is 0 Å². The molecule has 0 aliphatic rings. The third-order valence-electron chi connectivity index (χ3n) is 2.06. The molecule has 0 aliphatic heterocycles. The Bertz CT molecular complexity index is 448. The van der Waals surface area contributed by atoms with E-state index in [4.69, 9.17) is 9.68 Å². The molecule has 0 unspecified atom stereocenters. The van der Waals surface area contributed by atoms with E-state index in [0.29, 0.717) is 5.76 Å². The van der Waals surface area contributed by atoms with Crippen molar-refractivity contribution in [3.05, 3.63) is 36.1 Å². The van der Waals surface area contributed by atoms with Gasteiger partial charge in [-0.25, -0.2) is 0 Å². The predicted molar refractivity (Wildman–Crippen MR) is 51.4 cm³/mol. The zero-order valence-corrected chi connectivity index (χ0v) is 7.47. The summed E-state index contributed by atoms with van der Waals surface area (Å²) in [6.07, 6.45) is -0.771. The molecular weight excluding hydrogens is 178 g/mol. The zero-order chi connectivity index (χ0) is 9.97. The van der Waals surface area contributed by atoms with Gasteiger partial charge in [0.1, 0.15) is 17.4 Å². The number of nitrogens with zero attached hydrogens (tertiary/aromatic N) is 1. The van der Waals surface area contributed by atoms with E-state index in [1.807, 2.05) is 30.3 Å².